The van der Waals surface area contributed by atoms with Gasteiger partial charge < -0.3 is 14.2 Å². The molecule has 7 nitrogen and oxygen atoms in total. The van der Waals surface area contributed by atoms with Crippen LogP contribution < -0.4 is 0 Å². The molecular formula is C36H65NO6. The molecule has 0 amide bonds. The SMILES string of the molecule is CCCCCC/C=C\COC(=O)CCCCCN(CCCCCC(=O)OC/C=C\CCCCCC)CC(=O)OC(C)(C)C. The Bertz CT molecular complexity index is 707. The van der Waals surface area contributed by atoms with E-state index in [2.05, 4.69) is 30.9 Å². The number of unbranched alkanes of at least 4 members (excludes halogenated alkanes) is 12. The minimum atomic E-state index is -0.516. The smallest absolute Gasteiger partial charge is 0.320 e. The fourth-order valence-electron chi connectivity index (χ4n) is 4.57. The van der Waals surface area contributed by atoms with E-state index in [0.717, 1.165) is 64.5 Å². The summed E-state index contributed by atoms with van der Waals surface area (Å²) >= 11 is 0. The minimum Gasteiger partial charge on any atom is -0.461 e. The third kappa shape index (κ3) is 31.1. The molecule has 0 aromatic rings. The van der Waals surface area contributed by atoms with Crippen LogP contribution in [0.5, 0.6) is 0 Å². The fraction of sp³-hybridized carbons (Fsp3) is 0.806. The number of carbonyl (C=O) groups excluding carboxylic acids is 3. The molecule has 0 saturated carbocycles. The lowest BCUT2D eigenvalue weighted by Gasteiger charge is -2.25. The largest absolute Gasteiger partial charge is 0.461 e. The Labute approximate surface area is 264 Å². The summed E-state index contributed by atoms with van der Waals surface area (Å²) in [6.07, 6.45) is 26.0. The molecule has 0 bridgehead atoms. The van der Waals surface area contributed by atoms with Crippen molar-refractivity contribution in [2.45, 2.75) is 156 Å². The predicted molar refractivity (Wildman–Crippen MR) is 177 cm³/mol. The van der Waals surface area contributed by atoms with Crippen molar-refractivity contribution >= 4 is 17.9 Å². The molecule has 0 heterocycles. The van der Waals surface area contributed by atoms with E-state index < -0.39 is 5.60 Å². The topological polar surface area (TPSA) is 82.1 Å². The molecule has 0 aliphatic rings. The first-order valence-electron chi connectivity index (χ1n) is 17.2. The van der Waals surface area contributed by atoms with E-state index in [1.807, 2.05) is 32.9 Å². The Hall–Kier alpha value is -2.15. The van der Waals surface area contributed by atoms with Gasteiger partial charge in [-0.3, -0.25) is 19.3 Å². The molecule has 0 aliphatic carbocycles. The molecule has 250 valence electrons. The number of allylic oxidation sites excluding steroid dienone is 2. The van der Waals surface area contributed by atoms with Gasteiger partial charge in [0.2, 0.25) is 0 Å². The lowest BCUT2D eigenvalue weighted by molar-refractivity contribution is -0.156. The highest BCUT2D eigenvalue weighted by Gasteiger charge is 2.19. The second kappa shape index (κ2) is 28.6. The van der Waals surface area contributed by atoms with Crippen molar-refractivity contribution in [3.8, 4) is 0 Å². The fourth-order valence-corrected chi connectivity index (χ4v) is 4.57. The van der Waals surface area contributed by atoms with Crippen LogP contribution in [-0.4, -0.2) is 61.3 Å². The number of rotatable bonds is 28. The summed E-state index contributed by atoms with van der Waals surface area (Å²) in [5, 5.41) is 0. The van der Waals surface area contributed by atoms with Crippen LogP contribution in [0.25, 0.3) is 0 Å². The zero-order valence-corrected chi connectivity index (χ0v) is 28.5. The lowest BCUT2D eigenvalue weighted by Crippen LogP contribution is -2.36. The Morgan fingerprint density at radius 3 is 1.42 bits per heavy atom. The first-order chi connectivity index (χ1) is 20.7. The van der Waals surface area contributed by atoms with Crippen LogP contribution in [0, 0.1) is 0 Å². The zero-order valence-electron chi connectivity index (χ0n) is 28.5. The molecule has 7 heteroatoms. The number of hydrogen-bond donors (Lipinski definition) is 0. The first-order valence-corrected chi connectivity index (χ1v) is 17.2. The van der Waals surface area contributed by atoms with Gasteiger partial charge in [-0.25, -0.2) is 0 Å². The van der Waals surface area contributed by atoms with Crippen LogP contribution >= 0.6 is 0 Å². The summed E-state index contributed by atoms with van der Waals surface area (Å²) in [6, 6.07) is 0. The quantitative estimate of drug-likeness (QED) is 0.0380. The Morgan fingerprint density at radius 2 is 1.00 bits per heavy atom. The molecule has 0 spiro atoms. The number of ether oxygens (including phenoxy) is 3. The summed E-state index contributed by atoms with van der Waals surface area (Å²) in [5.74, 6) is -0.534. The average Bonchev–Trinajstić information content (AvgIpc) is 2.94. The molecule has 0 aromatic carbocycles. The summed E-state index contributed by atoms with van der Waals surface area (Å²) in [5.41, 5.74) is -0.516. The van der Waals surface area contributed by atoms with Crippen LogP contribution in [0.2, 0.25) is 0 Å². The van der Waals surface area contributed by atoms with Crippen molar-refractivity contribution < 1.29 is 28.6 Å². The van der Waals surface area contributed by atoms with Crippen molar-refractivity contribution in [1.29, 1.82) is 0 Å². The molecule has 43 heavy (non-hydrogen) atoms. The third-order valence-corrected chi connectivity index (χ3v) is 6.95. The molecular weight excluding hydrogens is 542 g/mol. The van der Waals surface area contributed by atoms with Crippen molar-refractivity contribution in [3.05, 3.63) is 24.3 Å². The van der Waals surface area contributed by atoms with Crippen LogP contribution in [0.3, 0.4) is 0 Å². The van der Waals surface area contributed by atoms with Gasteiger partial charge in [0.15, 0.2) is 0 Å². The minimum absolute atomic E-state index is 0.154. The molecule has 0 aromatic heterocycles. The third-order valence-electron chi connectivity index (χ3n) is 6.95. The van der Waals surface area contributed by atoms with Gasteiger partial charge in [0.05, 0.1) is 6.54 Å². The number of carbonyl (C=O) groups is 3. The van der Waals surface area contributed by atoms with Crippen LogP contribution in [0.1, 0.15) is 150 Å². The van der Waals surface area contributed by atoms with Gasteiger partial charge >= 0.3 is 17.9 Å². The average molecular weight is 608 g/mol. The zero-order chi connectivity index (χ0) is 32.0. The van der Waals surface area contributed by atoms with Crippen molar-refractivity contribution in [2.24, 2.45) is 0 Å². The summed E-state index contributed by atoms with van der Waals surface area (Å²) in [4.78, 5) is 38.6. The Balaban J connectivity index is 4.20. The maximum Gasteiger partial charge on any atom is 0.320 e. The van der Waals surface area contributed by atoms with Gasteiger partial charge in [0.1, 0.15) is 18.8 Å². The van der Waals surface area contributed by atoms with Gasteiger partial charge in [-0.2, -0.15) is 0 Å². The molecule has 0 unspecified atom stereocenters. The maximum atomic E-state index is 12.5. The van der Waals surface area contributed by atoms with Crippen LogP contribution in [0.15, 0.2) is 24.3 Å². The summed E-state index contributed by atoms with van der Waals surface area (Å²) in [7, 11) is 0. The van der Waals surface area contributed by atoms with Gasteiger partial charge in [-0.1, -0.05) is 89.5 Å². The highest BCUT2D eigenvalue weighted by atomic mass is 16.6. The molecule has 0 atom stereocenters. The van der Waals surface area contributed by atoms with Crippen molar-refractivity contribution in [1.82, 2.24) is 4.90 Å². The lowest BCUT2D eigenvalue weighted by atomic mass is 10.1. The predicted octanol–water partition coefficient (Wildman–Crippen LogP) is 8.89. The van der Waals surface area contributed by atoms with E-state index in [1.54, 1.807) is 0 Å². The normalized spacial score (nSPS) is 12.0. The van der Waals surface area contributed by atoms with Gasteiger partial charge in [-0.15, -0.1) is 0 Å². The van der Waals surface area contributed by atoms with Gasteiger partial charge in [-0.05, 0) is 85.2 Å². The van der Waals surface area contributed by atoms with Crippen molar-refractivity contribution in [3.63, 3.8) is 0 Å². The summed E-state index contributed by atoms with van der Waals surface area (Å²) in [6.45, 7) is 12.5. The molecule has 0 saturated heterocycles. The molecule has 0 radical (unpaired) electrons. The molecule has 0 N–H and O–H groups in total. The van der Waals surface area contributed by atoms with Crippen molar-refractivity contribution in [2.75, 3.05) is 32.8 Å². The van der Waals surface area contributed by atoms with Crippen LogP contribution in [0.4, 0.5) is 0 Å². The van der Waals surface area contributed by atoms with Gasteiger partial charge in [0, 0.05) is 12.8 Å². The monoisotopic (exact) mass is 607 g/mol. The second-order valence-corrected chi connectivity index (χ2v) is 12.5. The van der Waals surface area contributed by atoms with E-state index >= 15 is 0 Å². The highest BCUT2D eigenvalue weighted by Crippen LogP contribution is 2.11. The first kappa shape index (κ1) is 40.9. The maximum absolute atomic E-state index is 12.5. The number of nitrogens with zero attached hydrogens (tertiary/aromatic N) is 1. The highest BCUT2D eigenvalue weighted by molar-refractivity contribution is 5.72. The van der Waals surface area contributed by atoms with E-state index in [4.69, 9.17) is 14.2 Å². The van der Waals surface area contributed by atoms with E-state index in [-0.39, 0.29) is 24.5 Å². The second-order valence-electron chi connectivity index (χ2n) is 12.5. The molecule has 0 aliphatic heterocycles. The van der Waals surface area contributed by atoms with E-state index in [9.17, 15) is 14.4 Å². The van der Waals surface area contributed by atoms with E-state index in [1.165, 1.54) is 51.4 Å². The summed E-state index contributed by atoms with van der Waals surface area (Å²) < 4.78 is 16.1. The Morgan fingerprint density at radius 1 is 0.558 bits per heavy atom. The van der Waals surface area contributed by atoms with E-state index in [0.29, 0.717) is 26.1 Å². The van der Waals surface area contributed by atoms with Crippen LogP contribution in [-0.2, 0) is 28.6 Å². The van der Waals surface area contributed by atoms with Gasteiger partial charge in [0.25, 0.3) is 0 Å². The number of esters is 3. The molecule has 0 fully saturated rings. The molecule has 0 rings (SSSR count). The Kier molecular flexibility index (Phi) is 27.2. The standard InChI is InChI=1S/C36H65NO6/c1-6-8-10-12-14-16-24-30-41-33(38)26-20-18-22-28-37(32-35(40)43-36(3,4)5)29-23-19-21-27-34(39)42-31-25-17-15-13-11-9-7-2/h16-17,24-25H,6-15,18-23,26-32H2,1-5H3/b24-16-,25-17-. The number of hydrogen-bond acceptors (Lipinski definition) is 7.